The first-order valence-corrected chi connectivity index (χ1v) is 6.37. The fourth-order valence-corrected chi connectivity index (χ4v) is 2.92. The minimum atomic E-state index is 0.563. The van der Waals surface area contributed by atoms with E-state index in [0.717, 1.165) is 13.0 Å². The SMILES string of the molecule is CCNC(C)Cc1csc2ccccc12. The van der Waals surface area contributed by atoms with Gasteiger partial charge < -0.3 is 5.32 Å². The van der Waals surface area contributed by atoms with Crippen LogP contribution in [0.15, 0.2) is 29.6 Å². The first-order chi connectivity index (χ1) is 7.31. The van der Waals surface area contributed by atoms with E-state index in [1.165, 1.54) is 15.6 Å². The van der Waals surface area contributed by atoms with Crippen LogP contribution in [0, 0.1) is 0 Å². The summed E-state index contributed by atoms with van der Waals surface area (Å²) in [5.41, 5.74) is 1.48. The normalized spacial score (nSPS) is 13.2. The molecule has 0 aliphatic carbocycles. The number of fused-ring (bicyclic) bond motifs is 1. The van der Waals surface area contributed by atoms with Crippen molar-refractivity contribution in [1.82, 2.24) is 5.32 Å². The molecular formula is C13H17NS. The van der Waals surface area contributed by atoms with Gasteiger partial charge in [0, 0.05) is 10.7 Å². The maximum Gasteiger partial charge on any atom is 0.0345 e. The number of rotatable bonds is 4. The van der Waals surface area contributed by atoms with Crippen molar-refractivity contribution in [3.63, 3.8) is 0 Å². The highest BCUT2D eigenvalue weighted by molar-refractivity contribution is 7.17. The molecule has 0 aliphatic rings. The highest BCUT2D eigenvalue weighted by atomic mass is 32.1. The summed E-state index contributed by atoms with van der Waals surface area (Å²) >= 11 is 1.85. The summed E-state index contributed by atoms with van der Waals surface area (Å²) in [5, 5.41) is 7.17. The molecule has 2 aromatic rings. The molecule has 80 valence electrons. The van der Waals surface area contributed by atoms with Gasteiger partial charge in [0.2, 0.25) is 0 Å². The van der Waals surface area contributed by atoms with Gasteiger partial charge in [-0.1, -0.05) is 25.1 Å². The summed E-state index contributed by atoms with van der Waals surface area (Å²) < 4.78 is 1.40. The van der Waals surface area contributed by atoms with Gasteiger partial charge in [-0.15, -0.1) is 11.3 Å². The minimum absolute atomic E-state index is 0.563. The molecule has 1 aromatic carbocycles. The fourth-order valence-electron chi connectivity index (χ4n) is 1.94. The van der Waals surface area contributed by atoms with Crippen molar-refractivity contribution in [3.05, 3.63) is 35.2 Å². The Bertz CT molecular complexity index is 433. The van der Waals surface area contributed by atoms with Crippen molar-refractivity contribution < 1.29 is 0 Å². The molecule has 0 amide bonds. The summed E-state index contributed by atoms with van der Waals surface area (Å²) in [6.45, 7) is 5.45. The van der Waals surface area contributed by atoms with E-state index in [-0.39, 0.29) is 0 Å². The Balaban J connectivity index is 2.21. The minimum Gasteiger partial charge on any atom is -0.314 e. The van der Waals surface area contributed by atoms with Crippen molar-refractivity contribution in [2.75, 3.05) is 6.54 Å². The number of benzene rings is 1. The van der Waals surface area contributed by atoms with Crippen LogP contribution >= 0.6 is 11.3 Å². The van der Waals surface area contributed by atoms with E-state index in [0.29, 0.717) is 6.04 Å². The van der Waals surface area contributed by atoms with E-state index >= 15 is 0 Å². The van der Waals surface area contributed by atoms with Crippen molar-refractivity contribution in [2.45, 2.75) is 26.3 Å². The van der Waals surface area contributed by atoms with Crippen LogP contribution in [0.1, 0.15) is 19.4 Å². The first kappa shape index (κ1) is 10.7. The van der Waals surface area contributed by atoms with Gasteiger partial charge in [0.05, 0.1) is 0 Å². The average molecular weight is 219 g/mol. The maximum atomic E-state index is 3.45. The lowest BCUT2D eigenvalue weighted by molar-refractivity contribution is 0.567. The number of thiophene rings is 1. The first-order valence-electron chi connectivity index (χ1n) is 5.49. The molecule has 15 heavy (non-hydrogen) atoms. The van der Waals surface area contributed by atoms with Crippen molar-refractivity contribution in [2.24, 2.45) is 0 Å². The highest BCUT2D eigenvalue weighted by Gasteiger charge is 2.06. The largest absolute Gasteiger partial charge is 0.314 e. The second kappa shape index (κ2) is 4.77. The Labute approximate surface area is 95.1 Å². The predicted octanol–water partition coefficient (Wildman–Crippen LogP) is 3.44. The Morgan fingerprint density at radius 1 is 1.33 bits per heavy atom. The van der Waals surface area contributed by atoms with Gasteiger partial charge >= 0.3 is 0 Å². The van der Waals surface area contributed by atoms with Crippen molar-refractivity contribution >= 4 is 21.4 Å². The van der Waals surface area contributed by atoms with Crippen LogP contribution in [-0.4, -0.2) is 12.6 Å². The summed E-state index contributed by atoms with van der Waals surface area (Å²) in [4.78, 5) is 0. The summed E-state index contributed by atoms with van der Waals surface area (Å²) in [5.74, 6) is 0. The summed E-state index contributed by atoms with van der Waals surface area (Å²) in [7, 11) is 0. The molecule has 0 fully saturated rings. The zero-order valence-electron chi connectivity index (χ0n) is 9.29. The van der Waals surface area contributed by atoms with Gasteiger partial charge in [-0.05, 0) is 42.3 Å². The van der Waals surface area contributed by atoms with Crippen LogP contribution < -0.4 is 5.32 Å². The lowest BCUT2D eigenvalue weighted by atomic mass is 10.1. The monoisotopic (exact) mass is 219 g/mol. The Morgan fingerprint density at radius 2 is 2.13 bits per heavy atom. The topological polar surface area (TPSA) is 12.0 Å². The Hall–Kier alpha value is -0.860. The Morgan fingerprint density at radius 3 is 2.93 bits per heavy atom. The third kappa shape index (κ3) is 2.39. The van der Waals surface area contributed by atoms with Gasteiger partial charge in [-0.25, -0.2) is 0 Å². The number of hydrogen-bond acceptors (Lipinski definition) is 2. The molecule has 1 N–H and O–H groups in total. The third-order valence-electron chi connectivity index (χ3n) is 2.64. The maximum absolute atomic E-state index is 3.45. The molecule has 0 saturated carbocycles. The molecule has 2 heteroatoms. The number of likely N-dealkylation sites (N-methyl/N-ethyl adjacent to an activating group) is 1. The van der Waals surface area contributed by atoms with Crippen LogP contribution in [-0.2, 0) is 6.42 Å². The molecule has 0 bridgehead atoms. The average Bonchev–Trinajstić information content (AvgIpc) is 2.62. The van der Waals surface area contributed by atoms with Gasteiger partial charge in [-0.3, -0.25) is 0 Å². The van der Waals surface area contributed by atoms with Crippen molar-refractivity contribution in [1.29, 1.82) is 0 Å². The summed E-state index contributed by atoms with van der Waals surface area (Å²) in [6, 6.07) is 9.21. The smallest absolute Gasteiger partial charge is 0.0345 e. The molecule has 1 aromatic heterocycles. The second-order valence-corrected chi connectivity index (χ2v) is 4.83. The Kier molecular flexibility index (Phi) is 3.39. The molecule has 0 saturated heterocycles. The molecule has 1 nitrogen and oxygen atoms in total. The zero-order valence-corrected chi connectivity index (χ0v) is 10.1. The number of hydrogen-bond donors (Lipinski definition) is 1. The van der Waals surface area contributed by atoms with Gasteiger partial charge in [0.15, 0.2) is 0 Å². The molecule has 2 rings (SSSR count). The van der Waals surface area contributed by atoms with E-state index in [2.05, 4.69) is 48.8 Å². The van der Waals surface area contributed by atoms with E-state index in [9.17, 15) is 0 Å². The lowest BCUT2D eigenvalue weighted by Crippen LogP contribution is -2.27. The highest BCUT2D eigenvalue weighted by Crippen LogP contribution is 2.26. The summed E-state index contributed by atoms with van der Waals surface area (Å²) in [6.07, 6.45) is 1.12. The molecular weight excluding hydrogens is 202 g/mol. The van der Waals surface area contributed by atoms with E-state index < -0.39 is 0 Å². The lowest BCUT2D eigenvalue weighted by Gasteiger charge is -2.11. The third-order valence-corrected chi connectivity index (χ3v) is 3.65. The molecule has 1 atom stereocenters. The van der Waals surface area contributed by atoms with E-state index in [1.807, 2.05) is 11.3 Å². The van der Waals surface area contributed by atoms with Gasteiger partial charge in [0.1, 0.15) is 0 Å². The fraction of sp³-hybridized carbons (Fsp3) is 0.385. The van der Waals surface area contributed by atoms with Gasteiger partial charge in [0.25, 0.3) is 0 Å². The van der Waals surface area contributed by atoms with E-state index in [1.54, 1.807) is 0 Å². The van der Waals surface area contributed by atoms with E-state index in [4.69, 9.17) is 0 Å². The quantitative estimate of drug-likeness (QED) is 0.830. The van der Waals surface area contributed by atoms with Gasteiger partial charge in [-0.2, -0.15) is 0 Å². The number of nitrogens with one attached hydrogen (secondary N) is 1. The molecule has 0 radical (unpaired) electrons. The molecule has 0 spiro atoms. The van der Waals surface area contributed by atoms with Crippen molar-refractivity contribution in [3.8, 4) is 0 Å². The molecule has 1 unspecified atom stereocenters. The van der Waals surface area contributed by atoms with Crippen LogP contribution in [0.2, 0.25) is 0 Å². The standard InChI is InChI=1S/C13H17NS/c1-3-14-10(2)8-11-9-15-13-7-5-4-6-12(11)13/h4-7,9-10,14H,3,8H2,1-2H3. The predicted molar refractivity (Wildman–Crippen MR) is 68.7 cm³/mol. The van der Waals surface area contributed by atoms with Crippen LogP contribution in [0.4, 0.5) is 0 Å². The second-order valence-electron chi connectivity index (χ2n) is 3.92. The zero-order chi connectivity index (χ0) is 10.7. The molecule has 1 heterocycles. The van der Waals surface area contributed by atoms with Crippen LogP contribution in [0.5, 0.6) is 0 Å². The van der Waals surface area contributed by atoms with Crippen LogP contribution in [0.3, 0.4) is 0 Å². The molecule has 0 aliphatic heterocycles. The van der Waals surface area contributed by atoms with Crippen LogP contribution in [0.25, 0.3) is 10.1 Å².